The summed E-state index contributed by atoms with van der Waals surface area (Å²) in [5.41, 5.74) is 0. The number of unbranched alkanes of at least 4 members (excludes halogenated alkanes) is 59. The average Bonchev–Trinajstić information content (AvgIpc) is 3.46. The lowest BCUT2D eigenvalue weighted by Crippen LogP contribution is -2.30. The molecule has 0 bridgehead atoms. The minimum absolute atomic E-state index is 0.0606. The Morgan fingerprint density at radius 3 is 0.500 bits per heavy atom. The van der Waals surface area contributed by atoms with Crippen LogP contribution in [-0.2, 0) is 28.6 Å². The zero-order valence-electron chi connectivity index (χ0n) is 54.9. The number of ether oxygens (including phenoxy) is 3. The highest BCUT2D eigenvalue weighted by atomic mass is 16.6. The molecule has 0 heterocycles. The van der Waals surface area contributed by atoms with Crippen molar-refractivity contribution in [3.63, 3.8) is 0 Å². The van der Waals surface area contributed by atoms with Crippen LogP contribution in [0.15, 0.2) is 0 Å². The number of hydrogen-bond acceptors (Lipinski definition) is 6. The van der Waals surface area contributed by atoms with Gasteiger partial charge in [0.15, 0.2) is 6.10 Å². The van der Waals surface area contributed by atoms with E-state index in [0.717, 1.165) is 57.8 Å². The normalized spacial score (nSPS) is 11.9. The van der Waals surface area contributed by atoms with Crippen molar-refractivity contribution in [3.8, 4) is 0 Å². The maximum Gasteiger partial charge on any atom is 0.306 e. The monoisotopic (exact) mass is 1130 g/mol. The second-order valence-electron chi connectivity index (χ2n) is 25.6. The van der Waals surface area contributed by atoms with Gasteiger partial charge in [0.05, 0.1) is 0 Å². The lowest BCUT2D eigenvalue weighted by Gasteiger charge is -2.18. The summed E-state index contributed by atoms with van der Waals surface area (Å²) in [5, 5.41) is 0. The molecular weight excluding hydrogens is 985 g/mol. The van der Waals surface area contributed by atoms with Crippen molar-refractivity contribution >= 4 is 17.9 Å². The minimum Gasteiger partial charge on any atom is -0.462 e. The van der Waals surface area contributed by atoms with E-state index in [1.165, 1.54) is 340 Å². The maximum absolute atomic E-state index is 12.9. The third-order valence-electron chi connectivity index (χ3n) is 17.4. The van der Waals surface area contributed by atoms with E-state index in [2.05, 4.69) is 20.8 Å². The molecule has 1 unspecified atom stereocenters. The SMILES string of the molecule is CCCCCCCCCCCCCCCCCCCCCCCCCCCCCCCCCCCC(=O)OCC(COC(=O)CCCCCCCCCCCC)OC(=O)CCCCCCCCCCCCCCCCCCCCC. The standard InChI is InChI=1S/C74H144O6/c1-4-7-10-13-16-19-22-24-26-28-30-31-32-33-34-35-36-37-38-39-40-41-42-43-45-46-48-50-52-55-58-61-64-67-73(76)79-70-71(69-78-72(75)66-63-60-57-54-21-18-15-12-9-6-3)80-74(77)68-65-62-59-56-53-51-49-47-44-29-27-25-23-20-17-14-11-8-5-2/h71H,4-70H2,1-3H3. The highest BCUT2D eigenvalue weighted by Gasteiger charge is 2.20. The number of carbonyl (C=O) groups is 3. The van der Waals surface area contributed by atoms with Gasteiger partial charge in [0.2, 0.25) is 0 Å². The molecule has 0 fully saturated rings. The second kappa shape index (κ2) is 69.9. The zero-order chi connectivity index (χ0) is 57.8. The summed E-state index contributed by atoms with van der Waals surface area (Å²) in [5.74, 6) is -0.824. The summed E-state index contributed by atoms with van der Waals surface area (Å²) < 4.78 is 17.0. The van der Waals surface area contributed by atoms with E-state index in [9.17, 15) is 14.4 Å². The minimum atomic E-state index is -0.762. The molecule has 1 atom stereocenters. The van der Waals surface area contributed by atoms with Gasteiger partial charge in [-0.3, -0.25) is 14.4 Å². The van der Waals surface area contributed by atoms with Crippen molar-refractivity contribution in [2.75, 3.05) is 13.2 Å². The van der Waals surface area contributed by atoms with Crippen molar-refractivity contribution in [2.24, 2.45) is 0 Å². The summed E-state index contributed by atoms with van der Waals surface area (Å²) in [6.07, 6.45) is 83.1. The van der Waals surface area contributed by atoms with Crippen LogP contribution in [0.4, 0.5) is 0 Å². The van der Waals surface area contributed by atoms with Gasteiger partial charge in [-0.2, -0.15) is 0 Å². The smallest absolute Gasteiger partial charge is 0.306 e. The van der Waals surface area contributed by atoms with Gasteiger partial charge in [0, 0.05) is 19.3 Å². The number of carbonyl (C=O) groups excluding carboxylic acids is 3. The lowest BCUT2D eigenvalue weighted by molar-refractivity contribution is -0.167. The molecule has 80 heavy (non-hydrogen) atoms. The van der Waals surface area contributed by atoms with Crippen molar-refractivity contribution in [2.45, 2.75) is 444 Å². The summed E-state index contributed by atoms with van der Waals surface area (Å²) in [4.78, 5) is 38.3. The topological polar surface area (TPSA) is 78.9 Å². The Kier molecular flexibility index (Phi) is 68.5. The van der Waals surface area contributed by atoms with Crippen LogP contribution in [0.3, 0.4) is 0 Å². The number of rotatable bonds is 70. The third kappa shape index (κ3) is 67.2. The van der Waals surface area contributed by atoms with Gasteiger partial charge < -0.3 is 14.2 Å². The zero-order valence-corrected chi connectivity index (χ0v) is 54.9. The van der Waals surface area contributed by atoms with Crippen LogP contribution in [0, 0.1) is 0 Å². The second-order valence-corrected chi connectivity index (χ2v) is 25.6. The molecule has 0 aliphatic carbocycles. The Hall–Kier alpha value is -1.59. The number of hydrogen-bond donors (Lipinski definition) is 0. The number of esters is 3. The van der Waals surface area contributed by atoms with Crippen LogP contribution >= 0.6 is 0 Å². The highest BCUT2D eigenvalue weighted by Crippen LogP contribution is 2.20. The molecule has 0 N–H and O–H groups in total. The van der Waals surface area contributed by atoms with Crippen molar-refractivity contribution in [1.29, 1.82) is 0 Å². The predicted octanol–water partition coefficient (Wildman–Crippen LogP) is 25.4. The van der Waals surface area contributed by atoms with Gasteiger partial charge in [-0.25, -0.2) is 0 Å². The molecule has 0 radical (unpaired) electrons. The summed E-state index contributed by atoms with van der Waals surface area (Å²) >= 11 is 0. The molecular formula is C74H144O6. The fourth-order valence-corrected chi connectivity index (χ4v) is 11.8. The molecule has 0 saturated carbocycles. The largest absolute Gasteiger partial charge is 0.462 e. The fourth-order valence-electron chi connectivity index (χ4n) is 11.8. The van der Waals surface area contributed by atoms with Crippen molar-refractivity contribution < 1.29 is 28.6 Å². The van der Waals surface area contributed by atoms with Gasteiger partial charge in [-0.05, 0) is 19.3 Å². The van der Waals surface area contributed by atoms with Gasteiger partial charge in [0.25, 0.3) is 0 Å². The van der Waals surface area contributed by atoms with E-state index in [-0.39, 0.29) is 31.1 Å². The Morgan fingerprint density at radius 2 is 0.338 bits per heavy atom. The van der Waals surface area contributed by atoms with E-state index < -0.39 is 6.10 Å². The first kappa shape index (κ1) is 78.4. The summed E-state index contributed by atoms with van der Waals surface area (Å²) in [6, 6.07) is 0. The molecule has 0 spiro atoms. The molecule has 0 rings (SSSR count). The van der Waals surface area contributed by atoms with Crippen LogP contribution < -0.4 is 0 Å². The fraction of sp³-hybridized carbons (Fsp3) is 0.959. The molecule has 0 aliphatic rings. The highest BCUT2D eigenvalue weighted by molar-refractivity contribution is 5.71. The first-order valence-corrected chi connectivity index (χ1v) is 37.0. The summed E-state index contributed by atoms with van der Waals surface area (Å²) in [6.45, 7) is 6.73. The molecule has 0 aliphatic heterocycles. The van der Waals surface area contributed by atoms with Gasteiger partial charge in [-0.1, -0.05) is 400 Å². The molecule has 0 aromatic rings. The molecule has 0 aromatic heterocycles. The first-order valence-electron chi connectivity index (χ1n) is 37.0. The molecule has 0 aromatic carbocycles. The van der Waals surface area contributed by atoms with Gasteiger partial charge >= 0.3 is 17.9 Å². The molecule has 476 valence electrons. The molecule has 6 nitrogen and oxygen atoms in total. The van der Waals surface area contributed by atoms with E-state index in [4.69, 9.17) is 14.2 Å². The van der Waals surface area contributed by atoms with Crippen molar-refractivity contribution in [3.05, 3.63) is 0 Å². The van der Waals surface area contributed by atoms with Gasteiger partial charge in [0.1, 0.15) is 13.2 Å². The lowest BCUT2D eigenvalue weighted by atomic mass is 10.0. The van der Waals surface area contributed by atoms with E-state index in [0.29, 0.717) is 19.3 Å². The quantitative estimate of drug-likeness (QED) is 0.0343. The van der Waals surface area contributed by atoms with Crippen LogP contribution in [-0.4, -0.2) is 37.2 Å². The molecule has 0 saturated heterocycles. The van der Waals surface area contributed by atoms with E-state index >= 15 is 0 Å². The Bertz CT molecular complexity index is 1200. The van der Waals surface area contributed by atoms with E-state index in [1.54, 1.807) is 0 Å². The van der Waals surface area contributed by atoms with Crippen LogP contribution in [0.2, 0.25) is 0 Å². The van der Waals surface area contributed by atoms with E-state index in [1.807, 2.05) is 0 Å². The van der Waals surface area contributed by atoms with Crippen LogP contribution in [0.1, 0.15) is 438 Å². The Morgan fingerprint density at radius 1 is 0.200 bits per heavy atom. The summed E-state index contributed by atoms with van der Waals surface area (Å²) in [7, 11) is 0. The Balaban J connectivity index is 4.00. The molecule has 0 amide bonds. The van der Waals surface area contributed by atoms with Crippen molar-refractivity contribution in [1.82, 2.24) is 0 Å². The third-order valence-corrected chi connectivity index (χ3v) is 17.4. The maximum atomic E-state index is 12.9. The first-order chi connectivity index (χ1) is 39.5. The Labute approximate surface area is 501 Å². The van der Waals surface area contributed by atoms with Gasteiger partial charge in [-0.15, -0.1) is 0 Å². The average molecular weight is 1130 g/mol. The van der Waals surface area contributed by atoms with Crippen LogP contribution in [0.25, 0.3) is 0 Å². The van der Waals surface area contributed by atoms with Crippen LogP contribution in [0.5, 0.6) is 0 Å². The predicted molar refractivity (Wildman–Crippen MR) is 349 cm³/mol. The molecule has 6 heteroatoms.